The van der Waals surface area contributed by atoms with Gasteiger partial charge in [0.2, 0.25) is 5.69 Å². The number of halogens is 1. The number of rotatable bonds is 2. The monoisotopic (exact) mass is 804 g/mol. The summed E-state index contributed by atoms with van der Waals surface area (Å²) in [6.07, 6.45) is 12.7. The first-order valence-electron chi connectivity index (χ1n) is 20.0. The second-order valence-corrected chi connectivity index (χ2v) is 15.2. The van der Waals surface area contributed by atoms with E-state index in [1.165, 1.54) is 6.07 Å². The number of nitrogens with zero attached hydrogens (tertiary/aromatic N) is 8. The Morgan fingerprint density at radius 1 is 0.900 bits per heavy atom. The number of para-hydroxylation sites is 1. The number of aromatic amines is 2. The maximum absolute atomic E-state index is 15.2. The van der Waals surface area contributed by atoms with E-state index in [0.717, 1.165) is 67.0 Å². The zero-order chi connectivity index (χ0) is 40.9. The largest absolute Gasteiger partial charge is 0.489 e. The second kappa shape index (κ2) is 15.3. The lowest BCUT2D eigenvalue weighted by molar-refractivity contribution is -0.754. The first-order chi connectivity index (χ1) is 29.3. The number of ether oxygens (including phenoxy) is 3. The summed E-state index contributed by atoms with van der Waals surface area (Å²) in [6.45, 7) is 7.90. The second-order valence-electron chi connectivity index (χ2n) is 15.2. The Morgan fingerprint density at radius 3 is 2.70 bits per heavy atom. The SMILES string of the molecule is Cc1ccc2c(n1)/C=C/c1c3cc(ccc3[nH][n+]1Cn1ncc3c1CNC[C@@H](C)Oc1c(F)cccc1/C=C/c1n[nH]c4cnc-3cc14)-c1cnn(C)c1[C@@H](C)OCCO2. The van der Waals surface area contributed by atoms with E-state index in [4.69, 9.17) is 29.3 Å². The smallest absolute Gasteiger partial charge is 0.266 e. The van der Waals surface area contributed by atoms with Crippen molar-refractivity contribution in [2.45, 2.75) is 46.2 Å². The number of aryl methyl sites for hydroxylation is 2. The van der Waals surface area contributed by atoms with Crippen LogP contribution in [0.2, 0.25) is 0 Å². The zero-order valence-electron chi connectivity index (χ0n) is 33.6. The van der Waals surface area contributed by atoms with Gasteiger partial charge >= 0.3 is 0 Å². The van der Waals surface area contributed by atoms with Crippen LogP contribution < -0.4 is 19.5 Å². The number of fused-ring (bicyclic) bond motifs is 8. The van der Waals surface area contributed by atoms with Gasteiger partial charge in [0.1, 0.15) is 29.7 Å². The Balaban J connectivity index is 1.09. The van der Waals surface area contributed by atoms with Crippen LogP contribution in [0.3, 0.4) is 0 Å². The van der Waals surface area contributed by atoms with E-state index >= 15 is 4.39 Å². The molecule has 0 fully saturated rings. The Bertz CT molecular complexity index is 2980. The molecule has 3 N–H and O–H groups in total. The molecule has 2 aliphatic heterocycles. The minimum Gasteiger partial charge on any atom is -0.489 e. The molecule has 0 radical (unpaired) electrons. The normalized spacial score (nSPS) is 17.9. The first-order valence-corrected chi connectivity index (χ1v) is 20.0. The summed E-state index contributed by atoms with van der Waals surface area (Å²) in [6, 6.07) is 17.2. The highest BCUT2D eigenvalue weighted by Gasteiger charge is 2.25. The van der Waals surface area contributed by atoms with Crippen molar-refractivity contribution in [3.63, 3.8) is 0 Å². The van der Waals surface area contributed by atoms with Gasteiger partial charge in [0, 0.05) is 54.0 Å². The molecule has 0 unspecified atom stereocenters. The number of H-pyrrole nitrogens is 2. The lowest BCUT2D eigenvalue weighted by atomic mass is 10.0. The molecule has 8 aromatic rings. The fraction of sp³-hybridized carbons (Fsp3) is 0.244. The molecule has 0 aliphatic carbocycles. The third kappa shape index (κ3) is 6.90. The summed E-state index contributed by atoms with van der Waals surface area (Å²) in [5, 5.41) is 26.3. The van der Waals surface area contributed by atoms with Crippen molar-refractivity contribution in [3.05, 3.63) is 119 Å². The summed E-state index contributed by atoms with van der Waals surface area (Å²) in [5.74, 6) is 0.436. The summed E-state index contributed by atoms with van der Waals surface area (Å²) in [7, 11) is 1.94. The minimum atomic E-state index is -0.426. The van der Waals surface area contributed by atoms with Gasteiger partial charge in [-0.1, -0.05) is 22.9 Å². The van der Waals surface area contributed by atoms with Gasteiger partial charge in [-0.2, -0.15) is 20.4 Å². The quantitative estimate of drug-likeness (QED) is 0.157. The fourth-order valence-electron chi connectivity index (χ4n) is 8.10. The van der Waals surface area contributed by atoms with Crippen LogP contribution in [0, 0.1) is 12.7 Å². The number of benzene rings is 2. The molecule has 6 aromatic heterocycles. The van der Waals surface area contributed by atoms with Gasteiger partial charge < -0.3 is 19.5 Å². The fourth-order valence-corrected chi connectivity index (χ4v) is 8.10. The predicted octanol–water partition coefficient (Wildman–Crippen LogP) is 7.02. The Labute approximate surface area is 344 Å². The molecule has 2 atom stereocenters. The van der Waals surface area contributed by atoms with Crippen molar-refractivity contribution in [3.8, 4) is 33.9 Å². The molecular weight excluding hydrogens is 762 g/mol. The molecule has 0 amide bonds. The van der Waals surface area contributed by atoms with Crippen molar-refractivity contribution in [2.24, 2.45) is 7.05 Å². The van der Waals surface area contributed by atoms with Crippen molar-refractivity contribution >= 4 is 46.1 Å². The maximum Gasteiger partial charge on any atom is 0.266 e. The number of nitrogens with one attached hydrogen (secondary N) is 3. The van der Waals surface area contributed by atoms with E-state index in [0.29, 0.717) is 55.7 Å². The Morgan fingerprint density at radius 2 is 1.78 bits per heavy atom. The summed E-state index contributed by atoms with van der Waals surface area (Å²) in [5.41, 5.74) is 11.1. The topological polar surface area (TPSA) is 149 Å². The van der Waals surface area contributed by atoms with Crippen molar-refractivity contribution in [1.29, 1.82) is 0 Å². The van der Waals surface area contributed by atoms with Crippen LogP contribution >= 0.6 is 0 Å². The standard InChI is InChI=1S/C45H42FN11O3/c1-26-8-15-43-38(51-26)13-14-41-32-18-30(33-21-49-55(4)44(33)28(3)58-16-17-59-43)10-12-37(32)54-57(41)25-56-42-24-47-20-27(2)60-45-29(6-5-7-35(45)46)9-11-36-31-19-39(34(42)22-50-56)48-23-40(31)53-52-36/h5-15,18-19,21-23,27-28,47H,16-17,20,24-25H2,1-4H3,(H,48,52,53)/p+1/b11-9+,14-13+/t27-,28-/m1/s1. The third-order valence-electron chi connectivity index (χ3n) is 11.1. The summed E-state index contributed by atoms with van der Waals surface area (Å²) in [4.78, 5) is 9.70. The highest BCUT2D eigenvalue weighted by molar-refractivity contribution is 5.93. The van der Waals surface area contributed by atoms with Crippen LogP contribution in [0.25, 0.3) is 68.5 Å². The number of pyridine rings is 2. The molecule has 0 saturated carbocycles. The van der Waals surface area contributed by atoms with Crippen LogP contribution in [-0.4, -0.2) is 70.7 Å². The van der Waals surface area contributed by atoms with E-state index in [2.05, 4.69) is 54.7 Å². The lowest BCUT2D eigenvalue weighted by Crippen LogP contribution is -2.43. The molecule has 302 valence electrons. The van der Waals surface area contributed by atoms with Gasteiger partial charge in [0.25, 0.3) is 6.67 Å². The van der Waals surface area contributed by atoms with Crippen molar-refractivity contribution in [2.75, 3.05) is 19.8 Å². The molecule has 15 heteroatoms. The number of hydrogen-bond donors (Lipinski definition) is 3. The first kappa shape index (κ1) is 37.3. The van der Waals surface area contributed by atoms with E-state index in [1.807, 2.05) is 92.1 Å². The van der Waals surface area contributed by atoms with Gasteiger partial charge in [-0.3, -0.25) is 14.8 Å². The van der Waals surface area contributed by atoms with E-state index in [9.17, 15) is 0 Å². The maximum atomic E-state index is 15.2. The summed E-state index contributed by atoms with van der Waals surface area (Å²) < 4.78 is 39.9. The van der Waals surface area contributed by atoms with Crippen LogP contribution in [0.5, 0.6) is 11.5 Å². The van der Waals surface area contributed by atoms with E-state index in [-0.39, 0.29) is 18.0 Å². The van der Waals surface area contributed by atoms with Gasteiger partial charge in [-0.25, -0.2) is 14.1 Å². The molecule has 0 spiro atoms. The molecule has 14 nitrogen and oxygen atoms in total. The average molecular weight is 805 g/mol. The van der Waals surface area contributed by atoms with E-state index in [1.54, 1.807) is 12.3 Å². The van der Waals surface area contributed by atoms with Gasteiger partial charge in [0.15, 0.2) is 11.6 Å². The van der Waals surface area contributed by atoms with Crippen molar-refractivity contribution < 1.29 is 23.3 Å². The molecule has 10 rings (SSSR count). The van der Waals surface area contributed by atoms with Gasteiger partial charge in [0.05, 0.1) is 65.0 Å². The molecule has 2 aromatic carbocycles. The van der Waals surface area contributed by atoms with Gasteiger partial charge in [-0.05, 0) is 81.0 Å². The molecule has 8 heterocycles. The third-order valence-corrected chi connectivity index (χ3v) is 11.1. The number of hydrogen-bond acceptors (Lipinski definition) is 9. The van der Waals surface area contributed by atoms with Crippen molar-refractivity contribution in [1.82, 2.24) is 50.1 Å². The molecule has 60 heavy (non-hydrogen) atoms. The predicted molar refractivity (Wildman–Crippen MR) is 226 cm³/mol. The van der Waals surface area contributed by atoms with Gasteiger partial charge in [-0.15, -0.1) is 0 Å². The molecule has 4 bridgehead atoms. The van der Waals surface area contributed by atoms with Crippen LogP contribution in [0.4, 0.5) is 4.39 Å². The zero-order valence-corrected chi connectivity index (χ0v) is 33.6. The van der Waals surface area contributed by atoms with Crippen LogP contribution in [-0.2, 0) is 25.0 Å². The van der Waals surface area contributed by atoms with Crippen LogP contribution in [0.15, 0.2) is 73.2 Å². The Kier molecular flexibility index (Phi) is 9.53. The number of aromatic nitrogens is 10. The molecule has 0 saturated heterocycles. The highest BCUT2D eigenvalue weighted by atomic mass is 19.1. The molecule has 2 aliphatic rings. The Hall–Kier alpha value is -6.97. The highest BCUT2D eigenvalue weighted by Crippen LogP contribution is 2.34. The minimum absolute atomic E-state index is 0.194. The van der Waals surface area contributed by atoms with Crippen LogP contribution in [0.1, 0.15) is 59.7 Å². The van der Waals surface area contributed by atoms with E-state index < -0.39 is 5.82 Å². The summed E-state index contributed by atoms with van der Waals surface area (Å²) >= 11 is 0. The molecular formula is C45H43FN11O3+. The average Bonchev–Trinajstić information content (AvgIpc) is 4.02. The lowest BCUT2D eigenvalue weighted by Gasteiger charge is -2.18.